The van der Waals surface area contributed by atoms with Gasteiger partial charge in [0.1, 0.15) is 59.5 Å². The highest BCUT2D eigenvalue weighted by molar-refractivity contribution is 6.44. The van der Waals surface area contributed by atoms with Crippen molar-refractivity contribution in [3.05, 3.63) is 66.3 Å². The maximum absolute atomic E-state index is 10.1. The molecular weight excluding hydrogens is 685 g/mol. The fourth-order valence-corrected chi connectivity index (χ4v) is 6.03. The number of aliphatic hydroxyl groups is 6. The molecule has 42 heavy (non-hydrogen) atoms. The molecule has 6 N–H and O–H groups in total. The lowest BCUT2D eigenvalue weighted by Crippen LogP contribution is -2.32. The van der Waals surface area contributed by atoms with Crippen LogP contribution in [0.4, 0.5) is 0 Å². The van der Waals surface area contributed by atoms with Crippen LogP contribution in [-0.4, -0.2) is 99.2 Å². The number of ether oxygens (including phenoxy) is 2. The Hall–Kier alpha value is -1.20. The first-order chi connectivity index (χ1) is 19.9. The van der Waals surface area contributed by atoms with Crippen LogP contribution in [0.2, 0.25) is 30.4 Å². The van der Waals surface area contributed by atoms with Crippen LogP contribution in [0.5, 0.6) is 0 Å². The zero-order valence-corrected chi connectivity index (χ0v) is 25.4. The summed E-state index contributed by atoms with van der Waals surface area (Å²) < 4.78 is 14.0. The van der Waals surface area contributed by atoms with Crippen molar-refractivity contribution in [1.82, 2.24) is 18.8 Å². The third-order valence-electron chi connectivity index (χ3n) is 6.96. The first-order valence-electron chi connectivity index (χ1n) is 12.2. The zero-order valence-electron chi connectivity index (χ0n) is 20.9. The predicted molar refractivity (Wildman–Crippen MR) is 154 cm³/mol. The molecule has 4 aromatic heterocycles. The number of fused-ring (bicyclic) bond motifs is 2. The van der Waals surface area contributed by atoms with Gasteiger partial charge in [-0.3, -0.25) is 8.80 Å². The van der Waals surface area contributed by atoms with E-state index in [0.717, 1.165) is 0 Å². The largest absolute Gasteiger partial charge is 0.394 e. The van der Waals surface area contributed by atoms with E-state index >= 15 is 0 Å². The summed E-state index contributed by atoms with van der Waals surface area (Å²) in [5.41, 5.74) is 1.43. The van der Waals surface area contributed by atoms with E-state index in [4.69, 9.17) is 89.3 Å². The second kappa shape index (κ2) is 12.7. The second-order valence-corrected chi connectivity index (χ2v) is 11.8. The Labute approximate surface area is 267 Å². The average Bonchev–Trinajstić information content (AvgIpc) is 3.64. The topological polar surface area (TPSA) is 174 Å². The van der Waals surface area contributed by atoms with E-state index in [2.05, 4.69) is 9.97 Å². The van der Waals surface area contributed by atoms with Crippen LogP contribution in [0, 0.1) is 0 Å². The molecule has 18 heteroatoms. The lowest BCUT2D eigenvalue weighted by atomic mass is 10.1. The first-order valence-corrected chi connectivity index (χ1v) is 14.4. The predicted octanol–water partition coefficient (Wildman–Crippen LogP) is 2.90. The lowest BCUT2D eigenvalue weighted by molar-refractivity contribution is -0.0241. The Balaban J connectivity index is 0.000000168. The Bertz CT molecular complexity index is 1590. The zero-order chi connectivity index (χ0) is 30.6. The maximum Gasteiger partial charge on any atom is 0.159 e. The molecule has 8 atom stereocenters. The maximum atomic E-state index is 10.1. The van der Waals surface area contributed by atoms with Gasteiger partial charge >= 0.3 is 0 Å². The number of halogens is 6. The van der Waals surface area contributed by atoms with E-state index in [1.54, 1.807) is 12.3 Å². The van der Waals surface area contributed by atoms with E-state index in [9.17, 15) is 20.4 Å². The molecule has 0 amide bonds. The normalized spacial score (nSPS) is 29.4. The highest BCUT2D eigenvalue weighted by Crippen LogP contribution is 2.40. The van der Waals surface area contributed by atoms with Gasteiger partial charge in [-0.25, -0.2) is 9.97 Å². The minimum absolute atomic E-state index is 0.0778. The van der Waals surface area contributed by atoms with Crippen LogP contribution < -0.4 is 0 Å². The quantitative estimate of drug-likeness (QED) is 0.185. The van der Waals surface area contributed by atoms with E-state index in [0.29, 0.717) is 32.7 Å². The molecular formula is C24H22Cl6N4O8. The number of aliphatic hydroxyl groups excluding tert-OH is 6. The Morgan fingerprint density at radius 3 is 1.74 bits per heavy atom. The fraction of sp³-hybridized carbons (Fsp3) is 0.417. The van der Waals surface area contributed by atoms with Crippen LogP contribution in [-0.2, 0) is 9.47 Å². The molecule has 0 spiro atoms. The molecule has 4 aromatic rings. The van der Waals surface area contributed by atoms with Crippen LogP contribution in [0.15, 0.2) is 24.5 Å². The van der Waals surface area contributed by atoms with Crippen molar-refractivity contribution in [2.75, 3.05) is 13.2 Å². The number of imidazole rings is 2. The summed E-state index contributed by atoms with van der Waals surface area (Å²) in [5, 5.41) is 59.5. The standard InChI is InChI=1S/2C12H11Cl3N2O4/c13-4-1-7-16-12(15)8(17(7)2-5(4)14)11-10(20)9(19)6(3-18)21-11;13-4-1-2-17-7(11(15)16-12(17)6(4)14)10-9(20)8(19)5(3-18)21-10/h1-2,6,9-11,18-20H,3H2;1-2,5,8-10,18-20H,3H2/t6-,9+,10+,11?;5-,8+,9+,10?/m11/s1. The second-order valence-electron chi connectivity index (χ2n) is 9.46. The molecule has 2 unspecified atom stereocenters. The minimum atomic E-state index is -1.24. The van der Waals surface area contributed by atoms with E-state index in [1.165, 1.54) is 21.1 Å². The minimum Gasteiger partial charge on any atom is -0.394 e. The summed E-state index contributed by atoms with van der Waals surface area (Å²) in [6.45, 7) is -0.842. The Kier molecular flexibility index (Phi) is 9.70. The third-order valence-corrected chi connectivity index (χ3v) is 9.01. The van der Waals surface area contributed by atoms with E-state index < -0.39 is 62.0 Å². The Morgan fingerprint density at radius 2 is 1.21 bits per heavy atom. The molecule has 2 aliphatic rings. The van der Waals surface area contributed by atoms with Crippen molar-refractivity contribution in [3.8, 4) is 0 Å². The SMILES string of the molecule is OC[C@H]1OC(c2c(Cl)nc3c(Cl)c(Cl)ccn23)[C@@H](O)[C@H]1O.OC[C@H]1OC(c2c(Cl)nc3cc(Cl)c(Cl)cn23)[C@@H](O)[C@H]1O. The van der Waals surface area contributed by atoms with E-state index in [1.807, 2.05) is 0 Å². The van der Waals surface area contributed by atoms with Crippen LogP contribution in [0.25, 0.3) is 11.3 Å². The molecule has 0 saturated carbocycles. The third kappa shape index (κ3) is 5.57. The van der Waals surface area contributed by atoms with Crippen molar-refractivity contribution >= 4 is 80.9 Å². The highest BCUT2D eigenvalue weighted by atomic mass is 35.5. The molecule has 6 heterocycles. The summed E-state index contributed by atoms with van der Waals surface area (Å²) in [5.74, 6) is 0. The smallest absolute Gasteiger partial charge is 0.159 e. The van der Waals surface area contributed by atoms with Gasteiger partial charge in [0.2, 0.25) is 0 Å². The lowest BCUT2D eigenvalue weighted by Gasteiger charge is -2.15. The van der Waals surface area contributed by atoms with Crippen molar-refractivity contribution < 1.29 is 40.1 Å². The summed E-state index contributed by atoms with van der Waals surface area (Å²) in [6.07, 6.45) is -5.48. The number of hydrogen-bond acceptors (Lipinski definition) is 10. The summed E-state index contributed by atoms with van der Waals surface area (Å²) in [7, 11) is 0. The summed E-state index contributed by atoms with van der Waals surface area (Å²) >= 11 is 36.1. The number of pyridine rings is 2. The molecule has 0 aromatic carbocycles. The molecule has 228 valence electrons. The van der Waals surface area contributed by atoms with Crippen molar-refractivity contribution in [2.45, 2.75) is 48.8 Å². The van der Waals surface area contributed by atoms with E-state index in [-0.39, 0.29) is 20.4 Å². The fourth-order valence-electron chi connectivity index (χ4n) is 4.83. The summed E-state index contributed by atoms with van der Waals surface area (Å²) in [4.78, 5) is 8.23. The number of rotatable bonds is 4. The van der Waals surface area contributed by atoms with Gasteiger partial charge in [0, 0.05) is 18.5 Å². The Morgan fingerprint density at radius 1 is 0.690 bits per heavy atom. The molecule has 0 bridgehead atoms. The molecule has 12 nitrogen and oxygen atoms in total. The average molecular weight is 707 g/mol. The highest BCUT2D eigenvalue weighted by Gasteiger charge is 2.46. The van der Waals surface area contributed by atoms with Crippen molar-refractivity contribution in [1.29, 1.82) is 0 Å². The van der Waals surface area contributed by atoms with Gasteiger partial charge in [0.05, 0.1) is 39.7 Å². The number of nitrogens with zero attached hydrogens (tertiary/aromatic N) is 4. The molecule has 2 aliphatic heterocycles. The van der Waals surface area contributed by atoms with Crippen LogP contribution in [0.1, 0.15) is 23.6 Å². The molecule has 0 aliphatic carbocycles. The number of hydrogen-bond donors (Lipinski definition) is 6. The molecule has 0 radical (unpaired) electrons. The van der Waals surface area contributed by atoms with Crippen LogP contribution >= 0.6 is 69.6 Å². The van der Waals surface area contributed by atoms with Gasteiger partial charge in [-0.05, 0) is 6.07 Å². The van der Waals surface area contributed by atoms with Gasteiger partial charge in [-0.2, -0.15) is 0 Å². The van der Waals surface area contributed by atoms with Gasteiger partial charge in [-0.1, -0.05) is 69.6 Å². The van der Waals surface area contributed by atoms with Crippen molar-refractivity contribution in [2.24, 2.45) is 0 Å². The molecule has 2 fully saturated rings. The van der Waals surface area contributed by atoms with Gasteiger partial charge in [-0.15, -0.1) is 0 Å². The van der Waals surface area contributed by atoms with Gasteiger partial charge in [0.15, 0.2) is 16.0 Å². The monoisotopic (exact) mass is 704 g/mol. The number of aromatic nitrogens is 4. The first kappa shape index (κ1) is 32.2. The molecule has 2 saturated heterocycles. The van der Waals surface area contributed by atoms with Crippen LogP contribution in [0.3, 0.4) is 0 Å². The van der Waals surface area contributed by atoms with Gasteiger partial charge < -0.3 is 40.1 Å². The van der Waals surface area contributed by atoms with Crippen molar-refractivity contribution in [3.63, 3.8) is 0 Å². The summed E-state index contributed by atoms with van der Waals surface area (Å²) in [6, 6.07) is 3.08. The molecule has 6 rings (SSSR count). The van der Waals surface area contributed by atoms with Gasteiger partial charge in [0.25, 0.3) is 0 Å².